The van der Waals surface area contributed by atoms with E-state index in [1.54, 1.807) is 6.92 Å². The van der Waals surface area contributed by atoms with Gasteiger partial charge in [-0.1, -0.05) is 42.5 Å². The summed E-state index contributed by atoms with van der Waals surface area (Å²) >= 11 is 0. The lowest BCUT2D eigenvalue weighted by atomic mass is 10.1. The van der Waals surface area contributed by atoms with Crippen LogP contribution in [0.1, 0.15) is 6.92 Å². The van der Waals surface area contributed by atoms with Crippen LogP contribution in [0.25, 0.3) is 11.1 Å². The van der Waals surface area contributed by atoms with Crippen molar-refractivity contribution in [1.82, 2.24) is 0 Å². The SMILES string of the molecule is CC(Nc1ccc(-c2ccccc2)cc1)C(=O)Nc1ccc(F)cc1. The Hall–Kier alpha value is -3.14. The van der Waals surface area contributed by atoms with E-state index in [4.69, 9.17) is 0 Å². The van der Waals surface area contributed by atoms with Gasteiger partial charge in [0, 0.05) is 11.4 Å². The third kappa shape index (κ3) is 4.44. The normalized spacial score (nSPS) is 11.6. The molecule has 25 heavy (non-hydrogen) atoms. The molecule has 0 fully saturated rings. The third-order valence-electron chi connectivity index (χ3n) is 3.88. The van der Waals surface area contributed by atoms with Crippen molar-refractivity contribution in [3.8, 4) is 11.1 Å². The molecule has 0 saturated heterocycles. The van der Waals surface area contributed by atoms with Crippen molar-refractivity contribution in [2.45, 2.75) is 13.0 Å². The number of halogens is 1. The minimum Gasteiger partial charge on any atom is -0.374 e. The molecule has 1 atom stereocenters. The van der Waals surface area contributed by atoms with Crippen LogP contribution in [0, 0.1) is 5.82 Å². The van der Waals surface area contributed by atoms with Crippen LogP contribution in [0.2, 0.25) is 0 Å². The summed E-state index contributed by atoms with van der Waals surface area (Å²) in [7, 11) is 0. The standard InChI is InChI=1S/C21H19FN2O/c1-15(21(25)24-20-13-9-18(22)10-14-20)23-19-11-7-17(8-12-19)16-5-3-2-4-6-16/h2-15,23H,1H3,(H,24,25). The zero-order valence-electron chi connectivity index (χ0n) is 13.9. The number of hydrogen-bond acceptors (Lipinski definition) is 2. The van der Waals surface area contributed by atoms with Crippen molar-refractivity contribution in [3.05, 3.63) is 84.7 Å². The summed E-state index contributed by atoms with van der Waals surface area (Å²) in [5.74, 6) is -0.513. The predicted molar refractivity (Wildman–Crippen MR) is 100.0 cm³/mol. The number of rotatable bonds is 5. The van der Waals surface area contributed by atoms with Gasteiger partial charge in [-0.15, -0.1) is 0 Å². The maximum atomic E-state index is 12.9. The highest BCUT2D eigenvalue weighted by atomic mass is 19.1. The molecule has 0 aliphatic heterocycles. The van der Waals surface area contributed by atoms with Gasteiger partial charge in [-0.25, -0.2) is 4.39 Å². The van der Waals surface area contributed by atoms with Crippen molar-refractivity contribution in [2.75, 3.05) is 10.6 Å². The Morgan fingerprint density at radius 1 is 0.800 bits per heavy atom. The third-order valence-corrected chi connectivity index (χ3v) is 3.88. The topological polar surface area (TPSA) is 41.1 Å². The maximum Gasteiger partial charge on any atom is 0.246 e. The molecule has 0 spiro atoms. The monoisotopic (exact) mass is 334 g/mol. The Morgan fingerprint density at radius 3 is 2.00 bits per heavy atom. The van der Waals surface area contributed by atoms with Crippen molar-refractivity contribution in [1.29, 1.82) is 0 Å². The van der Waals surface area contributed by atoms with Crippen molar-refractivity contribution in [3.63, 3.8) is 0 Å². The minimum atomic E-state index is -0.423. The molecular weight excluding hydrogens is 315 g/mol. The summed E-state index contributed by atoms with van der Waals surface area (Å²) in [6.45, 7) is 1.78. The lowest BCUT2D eigenvalue weighted by Gasteiger charge is -2.15. The fraction of sp³-hybridized carbons (Fsp3) is 0.0952. The molecule has 0 bridgehead atoms. The second-order valence-corrected chi connectivity index (χ2v) is 5.81. The number of benzene rings is 3. The van der Waals surface area contributed by atoms with Crippen LogP contribution in [0.15, 0.2) is 78.9 Å². The molecule has 3 aromatic carbocycles. The summed E-state index contributed by atoms with van der Waals surface area (Å²) in [4.78, 5) is 12.2. The van der Waals surface area contributed by atoms with E-state index >= 15 is 0 Å². The van der Waals surface area contributed by atoms with Crippen LogP contribution in [-0.4, -0.2) is 11.9 Å². The summed E-state index contributed by atoms with van der Waals surface area (Å²) in [6, 6.07) is 23.3. The molecule has 0 saturated carbocycles. The number of carbonyl (C=O) groups excluding carboxylic acids is 1. The molecule has 0 heterocycles. The lowest BCUT2D eigenvalue weighted by molar-refractivity contribution is -0.116. The molecule has 0 radical (unpaired) electrons. The highest BCUT2D eigenvalue weighted by Crippen LogP contribution is 2.21. The Labute approximate surface area is 146 Å². The molecular formula is C21H19FN2O. The van der Waals surface area contributed by atoms with Crippen LogP contribution in [0.4, 0.5) is 15.8 Å². The molecule has 0 aromatic heterocycles. The predicted octanol–water partition coefficient (Wildman–Crippen LogP) is 4.93. The van der Waals surface area contributed by atoms with Crippen LogP contribution in [0.3, 0.4) is 0 Å². The smallest absolute Gasteiger partial charge is 0.246 e. The van der Waals surface area contributed by atoms with E-state index in [-0.39, 0.29) is 11.7 Å². The van der Waals surface area contributed by atoms with E-state index in [1.165, 1.54) is 24.3 Å². The summed E-state index contributed by atoms with van der Waals surface area (Å²) in [5.41, 5.74) is 3.70. The van der Waals surface area contributed by atoms with Gasteiger partial charge in [-0.05, 0) is 54.4 Å². The fourth-order valence-corrected chi connectivity index (χ4v) is 2.49. The Kier molecular flexibility index (Phi) is 5.09. The summed E-state index contributed by atoms with van der Waals surface area (Å²) in [6.07, 6.45) is 0. The van der Waals surface area contributed by atoms with Gasteiger partial charge < -0.3 is 10.6 Å². The average Bonchev–Trinajstić information content (AvgIpc) is 2.65. The van der Waals surface area contributed by atoms with Gasteiger partial charge in [0.25, 0.3) is 0 Å². The van der Waals surface area contributed by atoms with Crippen LogP contribution < -0.4 is 10.6 Å². The Balaban J connectivity index is 1.61. The molecule has 4 heteroatoms. The molecule has 1 unspecified atom stereocenters. The van der Waals surface area contributed by atoms with Gasteiger partial charge in [0.05, 0.1) is 0 Å². The first-order valence-corrected chi connectivity index (χ1v) is 8.10. The van der Waals surface area contributed by atoms with Crippen molar-refractivity contribution >= 4 is 17.3 Å². The van der Waals surface area contributed by atoms with E-state index in [2.05, 4.69) is 22.8 Å². The zero-order valence-corrected chi connectivity index (χ0v) is 13.9. The molecule has 3 rings (SSSR count). The number of carbonyl (C=O) groups is 1. The first kappa shape index (κ1) is 16.7. The van der Waals surface area contributed by atoms with E-state index in [1.807, 2.05) is 42.5 Å². The Morgan fingerprint density at radius 2 is 1.36 bits per heavy atom. The first-order valence-electron chi connectivity index (χ1n) is 8.10. The molecule has 0 aliphatic rings. The summed E-state index contributed by atoms with van der Waals surface area (Å²) in [5, 5.41) is 5.92. The summed E-state index contributed by atoms with van der Waals surface area (Å²) < 4.78 is 12.9. The number of amides is 1. The fourth-order valence-electron chi connectivity index (χ4n) is 2.49. The van der Waals surface area contributed by atoms with E-state index in [0.717, 1.165) is 16.8 Å². The van der Waals surface area contributed by atoms with Crippen LogP contribution in [0.5, 0.6) is 0 Å². The molecule has 0 aliphatic carbocycles. The largest absolute Gasteiger partial charge is 0.374 e. The van der Waals surface area contributed by atoms with Gasteiger partial charge in [0.15, 0.2) is 0 Å². The second kappa shape index (κ2) is 7.62. The molecule has 3 aromatic rings. The highest BCUT2D eigenvalue weighted by Gasteiger charge is 2.12. The van der Waals surface area contributed by atoms with E-state index in [9.17, 15) is 9.18 Å². The molecule has 1 amide bonds. The number of nitrogens with one attached hydrogen (secondary N) is 2. The zero-order chi connectivity index (χ0) is 17.6. The molecule has 126 valence electrons. The van der Waals surface area contributed by atoms with Gasteiger partial charge in [0.2, 0.25) is 5.91 Å². The second-order valence-electron chi connectivity index (χ2n) is 5.81. The minimum absolute atomic E-state index is 0.182. The number of hydrogen-bond donors (Lipinski definition) is 2. The van der Waals surface area contributed by atoms with Crippen molar-refractivity contribution < 1.29 is 9.18 Å². The van der Waals surface area contributed by atoms with E-state index < -0.39 is 6.04 Å². The first-order chi connectivity index (χ1) is 12.1. The van der Waals surface area contributed by atoms with Gasteiger partial charge >= 0.3 is 0 Å². The Bertz CT molecular complexity index is 830. The maximum absolute atomic E-state index is 12.9. The van der Waals surface area contributed by atoms with Crippen molar-refractivity contribution in [2.24, 2.45) is 0 Å². The average molecular weight is 334 g/mol. The van der Waals surface area contributed by atoms with Crippen LogP contribution >= 0.6 is 0 Å². The molecule has 3 nitrogen and oxygen atoms in total. The highest BCUT2D eigenvalue weighted by molar-refractivity contribution is 5.96. The van der Waals surface area contributed by atoms with Gasteiger partial charge in [-0.3, -0.25) is 4.79 Å². The van der Waals surface area contributed by atoms with Gasteiger partial charge in [0.1, 0.15) is 11.9 Å². The van der Waals surface area contributed by atoms with E-state index in [0.29, 0.717) is 5.69 Å². The number of anilines is 2. The molecule has 2 N–H and O–H groups in total. The lowest BCUT2D eigenvalue weighted by Crippen LogP contribution is -2.31. The quantitative estimate of drug-likeness (QED) is 0.694. The van der Waals surface area contributed by atoms with Gasteiger partial charge in [-0.2, -0.15) is 0 Å². The van der Waals surface area contributed by atoms with Crippen LogP contribution in [-0.2, 0) is 4.79 Å².